The lowest BCUT2D eigenvalue weighted by Crippen LogP contribution is -1.79. The first-order chi connectivity index (χ1) is 6.70. The number of halogens is 1. The van der Waals surface area contributed by atoms with Crippen molar-refractivity contribution >= 4 is 50.1 Å². The molecule has 74 valence electrons. The molecule has 0 unspecified atom stereocenters. The van der Waals surface area contributed by atoms with Crippen LogP contribution in [0.25, 0.3) is 10.2 Å². The third-order valence-electron chi connectivity index (χ3n) is 1.95. The van der Waals surface area contributed by atoms with Gasteiger partial charge in [0.25, 0.3) is 0 Å². The van der Waals surface area contributed by atoms with Crippen molar-refractivity contribution in [2.45, 2.75) is 24.7 Å². The molecule has 0 atom stereocenters. The molecule has 1 aromatic carbocycles. The van der Waals surface area contributed by atoms with Crippen LogP contribution in [0.1, 0.15) is 18.4 Å². The van der Waals surface area contributed by atoms with Crippen LogP contribution < -0.4 is 0 Å². The van der Waals surface area contributed by atoms with Gasteiger partial charge in [0.2, 0.25) is 0 Å². The Morgan fingerprint density at radius 2 is 2.29 bits per heavy atom. The molecule has 0 radical (unpaired) electrons. The summed E-state index contributed by atoms with van der Waals surface area (Å²) in [6, 6.07) is 4.09. The lowest BCUT2D eigenvalue weighted by molar-refractivity contribution is 0.912. The maximum atomic E-state index is 4.56. The highest BCUT2D eigenvalue weighted by Crippen LogP contribution is 2.31. The second kappa shape index (κ2) is 4.21. The molecule has 2 aromatic rings. The standard InChI is InChI=1S/C10H10BrNS2/c1-2-3-9-12-10-7(13)4-6(11)5-8(10)14-9/h4-5,13H,2-3H2,1H3. The van der Waals surface area contributed by atoms with Gasteiger partial charge in [-0.1, -0.05) is 22.9 Å². The predicted molar refractivity (Wildman–Crippen MR) is 68.6 cm³/mol. The first-order valence-electron chi connectivity index (χ1n) is 4.48. The van der Waals surface area contributed by atoms with Crippen molar-refractivity contribution in [2.75, 3.05) is 0 Å². The van der Waals surface area contributed by atoms with E-state index in [2.05, 4.69) is 46.5 Å². The second-order valence-electron chi connectivity index (χ2n) is 3.13. The van der Waals surface area contributed by atoms with Crippen molar-refractivity contribution in [1.29, 1.82) is 0 Å². The van der Waals surface area contributed by atoms with E-state index >= 15 is 0 Å². The Morgan fingerprint density at radius 1 is 1.50 bits per heavy atom. The van der Waals surface area contributed by atoms with Gasteiger partial charge in [-0.3, -0.25) is 0 Å². The van der Waals surface area contributed by atoms with Gasteiger partial charge in [0.1, 0.15) is 0 Å². The molecule has 1 aromatic heterocycles. The van der Waals surface area contributed by atoms with Gasteiger partial charge in [-0.05, 0) is 25.0 Å². The Labute approximate surface area is 101 Å². The molecular formula is C10H10BrNS2. The third kappa shape index (κ3) is 1.97. The quantitative estimate of drug-likeness (QED) is 0.813. The Morgan fingerprint density at radius 3 is 3.00 bits per heavy atom. The molecule has 4 heteroatoms. The summed E-state index contributed by atoms with van der Waals surface area (Å²) in [6.07, 6.45) is 2.20. The summed E-state index contributed by atoms with van der Waals surface area (Å²) in [7, 11) is 0. The smallest absolute Gasteiger partial charge is 0.0949 e. The van der Waals surface area contributed by atoms with Crippen LogP contribution >= 0.6 is 39.9 Å². The fourth-order valence-electron chi connectivity index (χ4n) is 1.35. The number of hydrogen-bond donors (Lipinski definition) is 1. The fourth-order valence-corrected chi connectivity index (χ4v) is 3.65. The highest BCUT2D eigenvalue weighted by molar-refractivity contribution is 9.10. The van der Waals surface area contributed by atoms with E-state index in [9.17, 15) is 0 Å². The van der Waals surface area contributed by atoms with Crippen LogP contribution in [0.5, 0.6) is 0 Å². The summed E-state index contributed by atoms with van der Waals surface area (Å²) >= 11 is 9.64. The molecule has 14 heavy (non-hydrogen) atoms. The normalized spacial score (nSPS) is 11.1. The predicted octanol–water partition coefficient (Wildman–Crippen LogP) is 4.30. The van der Waals surface area contributed by atoms with E-state index in [1.54, 1.807) is 11.3 Å². The van der Waals surface area contributed by atoms with E-state index in [0.717, 1.165) is 27.7 Å². The second-order valence-corrected chi connectivity index (χ2v) is 5.64. The van der Waals surface area contributed by atoms with Gasteiger partial charge in [-0.15, -0.1) is 24.0 Å². The van der Waals surface area contributed by atoms with Crippen molar-refractivity contribution < 1.29 is 0 Å². The van der Waals surface area contributed by atoms with E-state index in [-0.39, 0.29) is 0 Å². The molecule has 1 heterocycles. The zero-order chi connectivity index (χ0) is 10.1. The van der Waals surface area contributed by atoms with Crippen molar-refractivity contribution in [2.24, 2.45) is 0 Å². The molecule has 0 spiro atoms. The summed E-state index contributed by atoms with van der Waals surface area (Å²) < 4.78 is 2.29. The highest BCUT2D eigenvalue weighted by atomic mass is 79.9. The molecule has 2 rings (SSSR count). The zero-order valence-electron chi connectivity index (χ0n) is 7.75. The number of nitrogens with zero attached hydrogens (tertiary/aromatic N) is 1. The van der Waals surface area contributed by atoms with Crippen LogP contribution in [-0.2, 0) is 6.42 Å². The number of thiol groups is 1. The molecule has 0 aliphatic carbocycles. The van der Waals surface area contributed by atoms with E-state index in [1.165, 1.54) is 9.71 Å². The van der Waals surface area contributed by atoms with E-state index in [4.69, 9.17) is 0 Å². The first-order valence-corrected chi connectivity index (χ1v) is 6.54. The highest BCUT2D eigenvalue weighted by Gasteiger charge is 2.06. The molecular weight excluding hydrogens is 278 g/mol. The number of fused-ring (bicyclic) bond motifs is 1. The van der Waals surface area contributed by atoms with Gasteiger partial charge < -0.3 is 0 Å². The van der Waals surface area contributed by atoms with Gasteiger partial charge in [0, 0.05) is 9.37 Å². The average Bonchev–Trinajstić information content (AvgIpc) is 2.48. The lowest BCUT2D eigenvalue weighted by atomic mass is 10.3. The molecule has 0 aliphatic rings. The molecule has 0 fully saturated rings. The fraction of sp³-hybridized carbons (Fsp3) is 0.300. The summed E-state index contributed by atoms with van der Waals surface area (Å²) in [4.78, 5) is 5.52. The lowest BCUT2D eigenvalue weighted by Gasteiger charge is -1.93. The Bertz CT molecular complexity index is 464. The SMILES string of the molecule is CCCc1nc2c(S)cc(Br)cc2s1. The van der Waals surface area contributed by atoms with Gasteiger partial charge in [-0.2, -0.15) is 0 Å². The molecule has 0 aliphatic heterocycles. The molecule has 0 saturated carbocycles. The summed E-state index contributed by atoms with van der Waals surface area (Å²) in [6.45, 7) is 2.17. The van der Waals surface area contributed by atoms with Crippen LogP contribution in [0.2, 0.25) is 0 Å². The Balaban J connectivity index is 2.58. The Hall–Kier alpha value is -0.0600. The van der Waals surface area contributed by atoms with E-state index in [1.807, 2.05) is 6.07 Å². The van der Waals surface area contributed by atoms with E-state index in [0.29, 0.717) is 0 Å². The number of hydrogen-bond acceptors (Lipinski definition) is 3. The minimum atomic E-state index is 0.952. The molecule has 0 saturated heterocycles. The molecule has 0 bridgehead atoms. The first kappa shape index (κ1) is 10.5. The summed E-state index contributed by atoms with van der Waals surface area (Å²) in [5.74, 6) is 0. The minimum absolute atomic E-state index is 0.952. The maximum absolute atomic E-state index is 4.56. The number of benzene rings is 1. The van der Waals surface area contributed by atoms with Gasteiger partial charge in [-0.25, -0.2) is 4.98 Å². The van der Waals surface area contributed by atoms with E-state index < -0.39 is 0 Å². The number of aryl methyl sites for hydroxylation is 1. The topological polar surface area (TPSA) is 12.9 Å². The monoisotopic (exact) mass is 287 g/mol. The minimum Gasteiger partial charge on any atom is -0.240 e. The number of rotatable bonds is 2. The van der Waals surface area contributed by atoms with Crippen molar-refractivity contribution in [3.8, 4) is 0 Å². The molecule has 1 nitrogen and oxygen atoms in total. The van der Waals surface area contributed by atoms with Crippen molar-refractivity contribution in [3.05, 3.63) is 21.6 Å². The van der Waals surface area contributed by atoms with Gasteiger partial charge in [0.05, 0.1) is 15.2 Å². The largest absolute Gasteiger partial charge is 0.240 e. The average molecular weight is 288 g/mol. The van der Waals surface area contributed by atoms with Crippen LogP contribution in [-0.4, -0.2) is 4.98 Å². The van der Waals surface area contributed by atoms with Crippen molar-refractivity contribution in [1.82, 2.24) is 4.98 Å². The van der Waals surface area contributed by atoms with Crippen LogP contribution in [0, 0.1) is 0 Å². The van der Waals surface area contributed by atoms with Crippen LogP contribution in [0.3, 0.4) is 0 Å². The number of thiazole rings is 1. The molecule has 0 N–H and O–H groups in total. The maximum Gasteiger partial charge on any atom is 0.0949 e. The summed E-state index contributed by atoms with van der Waals surface area (Å²) in [5, 5.41) is 1.20. The van der Waals surface area contributed by atoms with Gasteiger partial charge in [0.15, 0.2) is 0 Å². The van der Waals surface area contributed by atoms with Crippen LogP contribution in [0.4, 0.5) is 0 Å². The van der Waals surface area contributed by atoms with Crippen molar-refractivity contribution in [3.63, 3.8) is 0 Å². The number of aromatic nitrogens is 1. The van der Waals surface area contributed by atoms with Crippen LogP contribution in [0.15, 0.2) is 21.5 Å². The summed E-state index contributed by atoms with van der Waals surface area (Å²) in [5.41, 5.74) is 1.03. The van der Waals surface area contributed by atoms with Gasteiger partial charge >= 0.3 is 0 Å². The molecule has 0 amide bonds. The third-order valence-corrected chi connectivity index (χ3v) is 3.81. The zero-order valence-corrected chi connectivity index (χ0v) is 11.0. The Kier molecular flexibility index (Phi) is 3.14.